The Morgan fingerprint density at radius 2 is 1.56 bits per heavy atom. The molecule has 0 heterocycles. The van der Waals surface area contributed by atoms with Crippen LogP contribution in [0.15, 0.2) is 0 Å². The summed E-state index contributed by atoms with van der Waals surface area (Å²) in [6.07, 6.45) is 8.16. The van der Waals surface area contributed by atoms with Gasteiger partial charge in [-0.2, -0.15) is 0 Å². The van der Waals surface area contributed by atoms with Crippen LogP contribution < -0.4 is 5.73 Å². The maximum absolute atomic E-state index is 5.90. The van der Waals surface area contributed by atoms with E-state index in [1.807, 2.05) is 0 Å². The highest BCUT2D eigenvalue weighted by atomic mass is 15.1. The molecule has 1 aliphatic rings. The second-order valence-electron chi connectivity index (χ2n) is 5.34. The largest absolute Gasteiger partial charge is 0.330 e. The first-order chi connectivity index (χ1) is 7.81. The number of rotatable bonds is 7. The van der Waals surface area contributed by atoms with Crippen LogP contribution in [0, 0.1) is 11.8 Å². The topological polar surface area (TPSA) is 29.3 Å². The van der Waals surface area contributed by atoms with Crippen molar-refractivity contribution in [1.82, 2.24) is 4.90 Å². The zero-order chi connectivity index (χ0) is 11.8. The van der Waals surface area contributed by atoms with Gasteiger partial charge in [0, 0.05) is 6.54 Å². The second-order valence-corrected chi connectivity index (χ2v) is 5.34. The molecular formula is C14H30N2. The molecule has 0 aromatic rings. The predicted octanol–water partition coefficient (Wildman–Crippen LogP) is 2.87. The maximum Gasteiger partial charge on any atom is 0.00128 e. The van der Waals surface area contributed by atoms with E-state index in [2.05, 4.69) is 18.7 Å². The Labute approximate surface area is 102 Å². The maximum atomic E-state index is 5.90. The van der Waals surface area contributed by atoms with E-state index in [-0.39, 0.29) is 0 Å². The molecule has 0 aromatic heterocycles. The first-order valence-electron chi connectivity index (χ1n) is 7.24. The summed E-state index contributed by atoms with van der Waals surface area (Å²) in [4.78, 5) is 2.65. The van der Waals surface area contributed by atoms with E-state index in [1.54, 1.807) is 0 Å². The molecule has 0 spiro atoms. The molecule has 2 heteroatoms. The molecule has 96 valence electrons. The Morgan fingerprint density at radius 3 is 2.06 bits per heavy atom. The quantitative estimate of drug-likeness (QED) is 0.723. The highest BCUT2D eigenvalue weighted by Crippen LogP contribution is 2.29. The van der Waals surface area contributed by atoms with Crippen LogP contribution in [0.2, 0.25) is 0 Å². The van der Waals surface area contributed by atoms with Crippen molar-refractivity contribution in [2.45, 2.75) is 52.4 Å². The van der Waals surface area contributed by atoms with Crippen LogP contribution in [0.3, 0.4) is 0 Å². The van der Waals surface area contributed by atoms with Crippen LogP contribution in [0.4, 0.5) is 0 Å². The Balaban J connectivity index is 2.40. The molecule has 1 fully saturated rings. The van der Waals surface area contributed by atoms with Crippen molar-refractivity contribution < 1.29 is 0 Å². The SMILES string of the molecule is CCCN(CCC)CC1CCCCC1CN. The van der Waals surface area contributed by atoms with Crippen LogP contribution in [-0.4, -0.2) is 31.1 Å². The molecule has 0 aliphatic heterocycles. The molecule has 0 aromatic carbocycles. The van der Waals surface area contributed by atoms with E-state index in [0.29, 0.717) is 0 Å². The van der Waals surface area contributed by atoms with Crippen molar-refractivity contribution >= 4 is 0 Å². The van der Waals surface area contributed by atoms with Crippen molar-refractivity contribution in [3.63, 3.8) is 0 Å². The average molecular weight is 226 g/mol. The summed E-state index contributed by atoms with van der Waals surface area (Å²) in [5, 5.41) is 0. The van der Waals surface area contributed by atoms with Gasteiger partial charge in [0.25, 0.3) is 0 Å². The normalized spacial score (nSPS) is 26.2. The number of nitrogens with two attached hydrogens (primary N) is 1. The first-order valence-corrected chi connectivity index (χ1v) is 7.24. The summed E-state index contributed by atoms with van der Waals surface area (Å²) in [5.74, 6) is 1.67. The van der Waals surface area contributed by atoms with E-state index < -0.39 is 0 Å². The molecule has 1 saturated carbocycles. The van der Waals surface area contributed by atoms with Gasteiger partial charge in [0.15, 0.2) is 0 Å². The summed E-state index contributed by atoms with van der Waals surface area (Å²) in [6, 6.07) is 0. The molecule has 2 atom stereocenters. The van der Waals surface area contributed by atoms with Gasteiger partial charge >= 0.3 is 0 Å². The van der Waals surface area contributed by atoms with Crippen LogP contribution in [0.25, 0.3) is 0 Å². The molecule has 2 N–H and O–H groups in total. The van der Waals surface area contributed by atoms with Gasteiger partial charge in [-0.1, -0.05) is 26.7 Å². The zero-order valence-corrected chi connectivity index (χ0v) is 11.3. The lowest BCUT2D eigenvalue weighted by atomic mass is 9.79. The minimum atomic E-state index is 0.796. The van der Waals surface area contributed by atoms with E-state index in [0.717, 1.165) is 18.4 Å². The predicted molar refractivity (Wildman–Crippen MR) is 71.5 cm³/mol. The fourth-order valence-electron chi connectivity index (χ4n) is 3.09. The Hall–Kier alpha value is -0.0800. The van der Waals surface area contributed by atoms with Crippen molar-refractivity contribution in [2.24, 2.45) is 17.6 Å². The number of hydrogen-bond acceptors (Lipinski definition) is 2. The van der Waals surface area contributed by atoms with E-state index in [4.69, 9.17) is 5.73 Å². The summed E-state index contributed by atoms with van der Waals surface area (Å²) in [6.45, 7) is 9.29. The van der Waals surface area contributed by atoms with E-state index in [1.165, 1.54) is 58.2 Å². The summed E-state index contributed by atoms with van der Waals surface area (Å²) in [5.41, 5.74) is 5.90. The fourth-order valence-corrected chi connectivity index (χ4v) is 3.09. The van der Waals surface area contributed by atoms with Gasteiger partial charge in [0.2, 0.25) is 0 Å². The van der Waals surface area contributed by atoms with Gasteiger partial charge in [-0.25, -0.2) is 0 Å². The third kappa shape index (κ3) is 4.42. The highest BCUT2D eigenvalue weighted by Gasteiger charge is 2.25. The van der Waals surface area contributed by atoms with Gasteiger partial charge in [-0.3, -0.25) is 0 Å². The lowest BCUT2D eigenvalue weighted by molar-refractivity contribution is 0.154. The molecule has 2 nitrogen and oxygen atoms in total. The van der Waals surface area contributed by atoms with Crippen LogP contribution in [0.5, 0.6) is 0 Å². The van der Waals surface area contributed by atoms with Crippen molar-refractivity contribution in [2.75, 3.05) is 26.2 Å². The molecule has 16 heavy (non-hydrogen) atoms. The Morgan fingerprint density at radius 1 is 1.00 bits per heavy atom. The fraction of sp³-hybridized carbons (Fsp3) is 1.00. The minimum absolute atomic E-state index is 0.796. The van der Waals surface area contributed by atoms with E-state index in [9.17, 15) is 0 Å². The molecule has 0 radical (unpaired) electrons. The average Bonchev–Trinajstić information content (AvgIpc) is 2.30. The van der Waals surface area contributed by atoms with Crippen molar-refractivity contribution in [3.05, 3.63) is 0 Å². The number of nitrogens with zero attached hydrogens (tertiary/aromatic N) is 1. The minimum Gasteiger partial charge on any atom is -0.330 e. The van der Waals surface area contributed by atoms with Gasteiger partial charge in [0.1, 0.15) is 0 Å². The molecule has 0 saturated heterocycles. The third-order valence-corrected chi connectivity index (χ3v) is 3.94. The van der Waals surface area contributed by atoms with Crippen LogP contribution >= 0.6 is 0 Å². The monoisotopic (exact) mass is 226 g/mol. The third-order valence-electron chi connectivity index (χ3n) is 3.94. The van der Waals surface area contributed by atoms with Crippen LogP contribution in [0.1, 0.15) is 52.4 Å². The number of hydrogen-bond donors (Lipinski definition) is 1. The Kier molecular flexibility index (Phi) is 7.06. The second kappa shape index (κ2) is 8.08. The summed E-state index contributed by atoms with van der Waals surface area (Å²) >= 11 is 0. The first kappa shape index (κ1) is 14.0. The van der Waals surface area contributed by atoms with Crippen molar-refractivity contribution in [1.29, 1.82) is 0 Å². The molecule has 1 rings (SSSR count). The lowest BCUT2D eigenvalue weighted by Gasteiger charge is -2.35. The van der Waals surface area contributed by atoms with Crippen molar-refractivity contribution in [3.8, 4) is 0 Å². The summed E-state index contributed by atoms with van der Waals surface area (Å²) < 4.78 is 0. The molecular weight excluding hydrogens is 196 g/mol. The van der Waals surface area contributed by atoms with Gasteiger partial charge in [-0.15, -0.1) is 0 Å². The van der Waals surface area contributed by atoms with Gasteiger partial charge < -0.3 is 10.6 Å². The standard InChI is InChI=1S/C14H30N2/c1-3-9-16(10-4-2)12-14-8-6-5-7-13(14)11-15/h13-14H,3-12,15H2,1-2H3. The zero-order valence-electron chi connectivity index (χ0n) is 11.3. The van der Waals surface area contributed by atoms with Gasteiger partial charge in [0.05, 0.1) is 0 Å². The molecule has 1 aliphatic carbocycles. The Bertz CT molecular complexity index is 164. The molecule has 0 amide bonds. The summed E-state index contributed by atoms with van der Waals surface area (Å²) in [7, 11) is 0. The molecule has 2 unspecified atom stereocenters. The molecule has 0 bridgehead atoms. The van der Waals surface area contributed by atoms with E-state index >= 15 is 0 Å². The van der Waals surface area contributed by atoms with Gasteiger partial charge in [-0.05, 0) is 57.2 Å². The highest BCUT2D eigenvalue weighted by molar-refractivity contribution is 4.78. The smallest absolute Gasteiger partial charge is 0.00128 e. The van der Waals surface area contributed by atoms with Crippen LogP contribution in [-0.2, 0) is 0 Å². The lowest BCUT2D eigenvalue weighted by Crippen LogP contribution is -2.37.